The highest BCUT2D eigenvalue weighted by Crippen LogP contribution is 2.25. The molecule has 1 aliphatic carbocycles. The summed E-state index contributed by atoms with van der Waals surface area (Å²) in [4.78, 5) is 23.0. The predicted octanol–water partition coefficient (Wildman–Crippen LogP) is 1.99. The monoisotopic (exact) mass is 254 g/mol. The number of amides is 2. The van der Waals surface area contributed by atoms with E-state index < -0.39 is 11.8 Å². The first kappa shape index (κ1) is 15.0. The van der Waals surface area contributed by atoms with Gasteiger partial charge in [0.2, 0.25) is 0 Å². The second-order valence-corrected chi connectivity index (χ2v) is 5.33. The van der Waals surface area contributed by atoms with Gasteiger partial charge in [-0.05, 0) is 25.7 Å². The van der Waals surface area contributed by atoms with Crippen molar-refractivity contribution in [3.8, 4) is 0 Å². The summed E-state index contributed by atoms with van der Waals surface area (Å²) >= 11 is 0. The summed E-state index contributed by atoms with van der Waals surface area (Å²) in [5.74, 6) is -0.268. The molecule has 104 valence electrons. The Kier molecular flexibility index (Phi) is 6.76. The maximum atomic E-state index is 11.5. The summed E-state index contributed by atoms with van der Waals surface area (Å²) in [6.07, 6.45) is 8.35. The first-order valence-corrected chi connectivity index (χ1v) is 7.22. The van der Waals surface area contributed by atoms with E-state index in [1.54, 1.807) is 0 Å². The third-order valence-electron chi connectivity index (χ3n) is 3.76. The van der Waals surface area contributed by atoms with Crippen LogP contribution in [-0.2, 0) is 9.59 Å². The topological polar surface area (TPSA) is 58.2 Å². The zero-order valence-electron chi connectivity index (χ0n) is 11.6. The van der Waals surface area contributed by atoms with Crippen LogP contribution < -0.4 is 10.6 Å². The smallest absolute Gasteiger partial charge is 0.309 e. The van der Waals surface area contributed by atoms with Gasteiger partial charge in [-0.3, -0.25) is 9.59 Å². The molecule has 18 heavy (non-hydrogen) atoms. The molecule has 0 aliphatic heterocycles. The maximum Gasteiger partial charge on any atom is 0.309 e. The van der Waals surface area contributed by atoms with E-state index in [1.807, 2.05) is 13.8 Å². The van der Waals surface area contributed by atoms with Crippen molar-refractivity contribution in [1.82, 2.24) is 10.6 Å². The van der Waals surface area contributed by atoms with Crippen molar-refractivity contribution in [3.05, 3.63) is 0 Å². The molecule has 4 heteroatoms. The second kappa shape index (κ2) is 8.11. The van der Waals surface area contributed by atoms with E-state index in [1.165, 1.54) is 32.1 Å². The molecular formula is C14H26N2O2. The molecule has 0 bridgehead atoms. The highest BCUT2D eigenvalue weighted by Gasteiger charge is 2.16. The van der Waals surface area contributed by atoms with Crippen molar-refractivity contribution >= 4 is 11.8 Å². The molecule has 0 spiro atoms. The lowest BCUT2D eigenvalue weighted by Gasteiger charge is -2.21. The van der Waals surface area contributed by atoms with Crippen molar-refractivity contribution in [2.45, 2.75) is 64.8 Å². The molecule has 1 atom stereocenters. The predicted molar refractivity (Wildman–Crippen MR) is 72.1 cm³/mol. The Hall–Kier alpha value is -1.06. The summed E-state index contributed by atoms with van der Waals surface area (Å²) in [5.41, 5.74) is 0. The fourth-order valence-corrected chi connectivity index (χ4v) is 2.34. The third-order valence-corrected chi connectivity index (χ3v) is 3.76. The Morgan fingerprint density at radius 2 is 1.83 bits per heavy atom. The van der Waals surface area contributed by atoms with Crippen LogP contribution in [0.4, 0.5) is 0 Å². The van der Waals surface area contributed by atoms with Gasteiger partial charge in [0, 0.05) is 12.6 Å². The fourth-order valence-electron chi connectivity index (χ4n) is 2.34. The number of rotatable bonds is 5. The van der Waals surface area contributed by atoms with Crippen LogP contribution in [0.25, 0.3) is 0 Å². The minimum atomic E-state index is -0.506. The lowest BCUT2D eigenvalue weighted by atomic mass is 9.87. The van der Waals surface area contributed by atoms with Gasteiger partial charge in [-0.25, -0.2) is 0 Å². The molecule has 0 radical (unpaired) electrons. The largest absolute Gasteiger partial charge is 0.348 e. The van der Waals surface area contributed by atoms with E-state index in [-0.39, 0.29) is 6.04 Å². The van der Waals surface area contributed by atoms with Gasteiger partial charge in [0.05, 0.1) is 0 Å². The van der Waals surface area contributed by atoms with Crippen LogP contribution in [0.3, 0.4) is 0 Å². The maximum absolute atomic E-state index is 11.5. The fraction of sp³-hybridized carbons (Fsp3) is 0.857. The Morgan fingerprint density at radius 1 is 1.17 bits per heavy atom. The van der Waals surface area contributed by atoms with E-state index in [0.29, 0.717) is 6.54 Å². The van der Waals surface area contributed by atoms with E-state index in [2.05, 4.69) is 10.6 Å². The normalized spacial score (nSPS) is 18.1. The van der Waals surface area contributed by atoms with Crippen molar-refractivity contribution in [2.75, 3.05) is 6.54 Å². The average molecular weight is 254 g/mol. The van der Waals surface area contributed by atoms with Gasteiger partial charge in [0.15, 0.2) is 0 Å². The number of carbonyl (C=O) groups excluding carboxylic acids is 2. The Bertz CT molecular complexity index is 273. The van der Waals surface area contributed by atoms with Crippen LogP contribution in [0.5, 0.6) is 0 Å². The highest BCUT2D eigenvalue weighted by molar-refractivity contribution is 6.35. The Balaban J connectivity index is 2.13. The molecule has 1 rings (SSSR count). The Morgan fingerprint density at radius 3 is 2.44 bits per heavy atom. The molecule has 0 heterocycles. The highest BCUT2D eigenvalue weighted by atomic mass is 16.2. The van der Waals surface area contributed by atoms with Gasteiger partial charge in [-0.1, -0.05) is 39.0 Å². The summed E-state index contributed by atoms with van der Waals surface area (Å²) in [6, 6.07) is 0.0570. The third kappa shape index (κ3) is 5.52. The summed E-state index contributed by atoms with van der Waals surface area (Å²) in [6.45, 7) is 4.50. The summed E-state index contributed by atoms with van der Waals surface area (Å²) in [5, 5.41) is 5.37. The van der Waals surface area contributed by atoms with E-state index in [9.17, 15) is 9.59 Å². The number of hydrogen-bond acceptors (Lipinski definition) is 2. The molecule has 0 saturated heterocycles. The lowest BCUT2D eigenvalue weighted by molar-refractivity contribution is -0.139. The van der Waals surface area contributed by atoms with Crippen LogP contribution in [0.1, 0.15) is 58.8 Å². The zero-order valence-corrected chi connectivity index (χ0v) is 11.6. The van der Waals surface area contributed by atoms with Gasteiger partial charge in [-0.2, -0.15) is 0 Å². The van der Waals surface area contributed by atoms with Crippen LogP contribution in [-0.4, -0.2) is 24.4 Å². The van der Waals surface area contributed by atoms with Gasteiger partial charge >= 0.3 is 11.8 Å². The van der Waals surface area contributed by atoms with Crippen LogP contribution in [0, 0.1) is 5.92 Å². The molecule has 1 saturated carbocycles. The second-order valence-electron chi connectivity index (χ2n) is 5.33. The summed E-state index contributed by atoms with van der Waals surface area (Å²) in [7, 11) is 0. The number of carbonyl (C=O) groups is 2. The molecule has 0 aromatic carbocycles. The van der Waals surface area contributed by atoms with Crippen LogP contribution in [0.15, 0.2) is 0 Å². The quantitative estimate of drug-likeness (QED) is 0.737. The molecular weight excluding hydrogens is 228 g/mol. The van der Waals surface area contributed by atoms with Gasteiger partial charge in [0.1, 0.15) is 0 Å². The lowest BCUT2D eigenvalue weighted by Crippen LogP contribution is -2.43. The Labute approximate surface area is 110 Å². The zero-order chi connectivity index (χ0) is 13.4. The number of nitrogens with one attached hydrogen (secondary N) is 2. The van der Waals surface area contributed by atoms with Crippen molar-refractivity contribution in [1.29, 1.82) is 0 Å². The van der Waals surface area contributed by atoms with Crippen molar-refractivity contribution in [3.63, 3.8) is 0 Å². The molecule has 2 N–H and O–H groups in total. The SMILES string of the molecule is CC[C@H](C)NC(=O)C(=O)NCCC1CCCCC1. The van der Waals surface area contributed by atoms with E-state index >= 15 is 0 Å². The minimum Gasteiger partial charge on any atom is -0.348 e. The van der Waals surface area contributed by atoms with Crippen LogP contribution >= 0.6 is 0 Å². The average Bonchev–Trinajstić information content (AvgIpc) is 2.39. The van der Waals surface area contributed by atoms with Crippen LogP contribution in [0.2, 0.25) is 0 Å². The summed E-state index contributed by atoms with van der Waals surface area (Å²) < 4.78 is 0. The molecule has 2 amide bonds. The van der Waals surface area contributed by atoms with E-state index in [4.69, 9.17) is 0 Å². The molecule has 0 unspecified atom stereocenters. The van der Waals surface area contributed by atoms with Gasteiger partial charge in [-0.15, -0.1) is 0 Å². The molecule has 1 aliphatic rings. The molecule has 0 aromatic rings. The first-order chi connectivity index (χ1) is 8.63. The standard InChI is InChI=1S/C14H26N2O2/c1-3-11(2)16-14(18)13(17)15-10-9-12-7-5-4-6-8-12/h11-12H,3-10H2,1-2H3,(H,15,17)(H,16,18)/t11-/m0/s1. The number of hydrogen-bond donors (Lipinski definition) is 2. The van der Waals surface area contributed by atoms with Gasteiger partial charge < -0.3 is 10.6 Å². The van der Waals surface area contributed by atoms with Gasteiger partial charge in [0.25, 0.3) is 0 Å². The van der Waals surface area contributed by atoms with Crippen molar-refractivity contribution < 1.29 is 9.59 Å². The van der Waals surface area contributed by atoms with Crippen molar-refractivity contribution in [2.24, 2.45) is 5.92 Å². The minimum absolute atomic E-state index is 0.0570. The molecule has 1 fully saturated rings. The first-order valence-electron chi connectivity index (χ1n) is 7.22. The molecule has 0 aromatic heterocycles. The molecule has 4 nitrogen and oxygen atoms in total. The van der Waals surface area contributed by atoms with E-state index in [0.717, 1.165) is 18.8 Å².